The van der Waals surface area contributed by atoms with Crippen LogP contribution in [0.2, 0.25) is 0 Å². The van der Waals surface area contributed by atoms with Gasteiger partial charge in [-0.25, -0.2) is 0 Å². The van der Waals surface area contributed by atoms with Gasteiger partial charge in [0.05, 0.1) is 6.10 Å². The van der Waals surface area contributed by atoms with E-state index < -0.39 is 0 Å². The van der Waals surface area contributed by atoms with E-state index in [-0.39, 0.29) is 24.5 Å². The minimum absolute atomic E-state index is 0.183. The van der Waals surface area contributed by atoms with Gasteiger partial charge in [0.15, 0.2) is 0 Å². The molecule has 3 heteroatoms. The fraction of sp³-hybridized carbons (Fsp3) is 1.00. The first-order valence-corrected chi connectivity index (χ1v) is 4.12. The quantitative estimate of drug-likeness (QED) is 0.544. The summed E-state index contributed by atoms with van der Waals surface area (Å²) < 4.78 is 0. The van der Waals surface area contributed by atoms with Gasteiger partial charge in [-0.1, -0.05) is 6.92 Å². The molecule has 0 saturated carbocycles. The molecule has 1 rings (SSSR count). The SMILES string of the molecule is C[C@H]1[C@H](CO)CN(C)C[C@@H]1O. The lowest BCUT2D eigenvalue weighted by atomic mass is 9.86. The lowest BCUT2D eigenvalue weighted by molar-refractivity contribution is -0.0151. The van der Waals surface area contributed by atoms with Crippen molar-refractivity contribution in [1.82, 2.24) is 4.90 Å². The fourth-order valence-corrected chi connectivity index (χ4v) is 1.66. The van der Waals surface area contributed by atoms with Crippen LogP contribution in [0.15, 0.2) is 0 Å². The Morgan fingerprint density at radius 1 is 1.45 bits per heavy atom. The highest BCUT2D eigenvalue weighted by atomic mass is 16.3. The molecule has 1 saturated heterocycles. The zero-order chi connectivity index (χ0) is 8.43. The van der Waals surface area contributed by atoms with E-state index in [1.54, 1.807) is 0 Å². The van der Waals surface area contributed by atoms with Crippen molar-refractivity contribution in [3.8, 4) is 0 Å². The van der Waals surface area contributed by atoms with E-state index in [1.807, 2.05) is 14.0 Å². The van der Waals surface area contributed by atoms with Gasteiger partial charge in [0, 0.05) is 19.7 Å². The van der Waals surface area contributed by atoms with Crippen LogP contribution in [-0.2, 0) is 0 Å². The third-order valence-electron chi connectivity index (χ3n) is 2.63. The van der Waals surface area contributed by atoms with Crippen molar-refractivity contribution in [3.05, 3.63) is 0 Å². The van der Waals surface area contributed by atoms with Crippen LogP contribution in [0.5, 0.6) is 0 Å². The van der Waals surface area contributed by atoms with Crippen molar-refractivity contribution in [2.45, 2.75) is 13.0 Å². The van der Waals surface area contributed by atoms with Crippen LogP contribution in [0.1, 0.15) is 6.92 Å². The third-order valence-corrected chi connectivity index (χ3v) is 2.63. The molecule has 1 aliphatic rings. The molecule has 1 heterocycles. The van der Waals surface area contributed by atoms with Crippen LogP contribution in [0, 0.1) is 11.8 Å². The topological polar surface area (TPSA) is 43.7 Å². The van der Waals surface area contributed by atoms with Crippen LogP contribution >= 0.6 is 0 Å². The van der Waals surface area contributed by atoms with Crippen molar-refractivity contribution in [3.63, 3.8) is 0 Å². The molecule has 0 radical (unpaired) electrons. The minimum Gasteiger partial charge on any atom is -0.396 e. The Kier molecular flexibility index (Phi) is 2.87. The van der Waals surface area contributed by atoms with Crippen molar-refractivity contribution < 1.29 is 10.2 Å². The number of aliphatic hydroxyl groups is 2. The van der Waals surface area contributed by atoms with Crippen LogP contribution in [0.3, 0.4) is 0 Å². The number of β-amino-alcohol motifs (C(OH)–C–C–N with tert-alkyl or cyclic N) is 1. The van der Waals surface area contributed by atoms with Gasteiger partial charge in [-0.15, -0.1) is 0 Å². The van der Waals surface area contributed by atoms with Gasteiger partial charge in [0.2, 0.25) is 0 Å². The Morgan fingerprint density at radius 2 is 2.09 bits per heavy atom. The molecule has 66 valence electrons. The molecule has 0 aromatic carbocycles. The standard InChI is InChI=1S/C8H17NO2/c1-6-7(5-10)3-9(2)4-8(6)11/h6-8,10-11H,3-5H2,1-2H3/t6-,7-,8-/m0/s1. The number of nitrogens with zero attached hydrogens (tertiary/aromatic N) is 1. The Balaban J connectivity index is 2.51. The maximum absolute atomic E-state index is 9.50. The first-order chi connectivity index (χ1) is 5.15. The summed E-state index contributed by atoms with van der Waals surface area (Å²) in [6.07, 6.45) is -0.272. The summed E-state index contributed by atoms with van der Waals surface area (Å²) in [5.41, 5.74) is 0. The summed E-state index contributed by atoms with van der Waals surface area (Å²) >= 11 is 0. The highest BCUT2D eigenvalue weighted by Crippen LogP contribution is 2.21. The van der Waals surface area contributed by atoms with Gasteiger partial charge in [0.25, 0.3) is 0 Å². The molecule has 11 heavy (non-hydrogen) atoms. The molecule has 1 aliphatic heterocycles. The van der Waals surface area contributed by atoms with Crippen molar-refractivity contribution in [2.24, 2.45) is 11.8 Å². The Labute approximate surface area is 67.6 Å². The second-order valence-electron chi connectivity index (χ2n) is 3.59. The normalized spacial score (nSPS) is 40.9. The highest BCUT2D eigenvalue weighted by Gasteiger charge is 2.30. The second-order valence-corrected chi connectivity index (χ2v) is 3.59. The van der Waals surface area contributed by atoms with Crippen molar-refractivity contribution in [2.75, 3.05) is 26.7 Å². The van der Waals surface area contributed by atoms with Gasteiger partial charge in [-0.2, -0.15) is 0 Å². The minimum atomic E-state index is -0.272. The van der Waals surface area contributed by atoms with E-state index in [0.29, 0.717) is 0 Å². The molecule has 0 aromatic heterocycles. The first-order valence-electron chi connectivity index (χ1n) is 4.12. The van der Waals surface area contributed by atoms with Gasteiger partial charge in [-0.05, 0) is 18.9 Å². The Morgan fingerprint density at radius 3 is 2.64 bits per heavy atom. The van der Waals surface area contributed by atoms with Crippen molar-refractivity contribution >= 4 is 0 Å². The molecule has 1 fully saturated rings. The summed E-state index contributed by atoms with van der Waals surface area (Å²) in [6, 6.07) is 0. The van der Waals surface area contributed by atoms with Crippen molar-refractivity contribution in [1.29, 1.82) is 0 Å². The average molecular weight is 159 g/mol. The number of rotatable bonds is 1. The van der Waals surface area contributed by atoms with Crippen LogP contribution in [0.25, 0.3) is 0 Å². The Bertz CT molecular complexity index is 129. The molecular weight excluding hydrogens is 142 g/mol. The molecule has 3 atom stereocenters. The number of aliphatic hydroxyl groups excluding tert-OH is 2. The summed E-state index contributed by atoms with van der Waals surface area (Å²) in [5.74, 6) is 0.472. The molecule has 2 N–H and O–H groups in total. The van der Waals surface area contributed by atoms with E-state index >= 15 is 0 Å². The molecule has 0 aliphatic carbocycles. The lowest BCUT2D eigenvalue weighted by Crippen LogP contribution is -2.47. The summed E-state index contributed by atoms with van der Waals surface area (Å²) in [6.45, 7) is 3.81. The number of likely N-dealkylation sites (N-methyl/N-ethyl adjacent to an activating group) is 1. The number of hydrogen-bond acceptors (Lipinski definition) is 3. The highest BCUT2D eigenvalue weighted by molar-refractivity contribution is 4.82. The molecule has 0 unspecified atom stereocenters. The van der Waals surface area contributed by atoms with Crippen LogP contribution in [-0.4, -0.2) is 48.0 Å². The maximum atomic E-state index is 9.50. The predicted molar refractivity (Wildman–Crippen MR) is 43.2 cm³/mol. The number of hydrogen-bond donors (Lipinski definition) is 2. The summed E-state index contributed by atoms with van der Waals surface area (Å²) in [4.78, 5) is 2.06. The smallest absolute Gasteiger partial charge is 0.0696 e. The second kappa shape index (κ2) is 3.52. The summed E-state index contributed by atoms with van der Waals surface area (Å²) in [7, 11) is 1.97. The van der Waals surface area contributed by atoms with Gasteiger partial charge < -0.3 is 15.1 Å². The van der Waals surface area contributed by atoms with E-state index in [0.717, 1.165) is 13.1 Å². The van der Waals surface area contributed by atoms with E-state index in [1.165, 1.54) is 0 Å². The maximum Gasteiger partial charge on any atom is 0.0696 e. The lowest BCUT2D eigenvalue weighted by Gasteiger charge is -2.37. The van der Waals surface area contributed by atoms with E-state index in [9.17, 15) is 5.11 Å². The third kappa shape index (κ3) is 1.92. The Hall–Kier alpha value is -0.120. The van der Waals surface area contributed by atoms with E-state index in [4.69, 9.17) is 5.11 Å². The zero-order valence-corrected chi connectivity index (χ0v) is 7.20. The number of likely N-dealkylation sites (tertiary alicyclic amines) is 1. The van der Waals surface area contributed by atoms with Crippen LogP contribution < -0.4 is 0 Å². The zero-order valence-electron chi connectivity index (χ0n) is 7.20. The van der Waals surface area contributed by atoms with Gasteiger partial charge in [0.1, 0.15) is 0 Å². The summed E-state index contributed by atoms with van der Waals surface area (Å²) in [5, 5.41) is 18.5. The largest absolute Gasteiger partial charge is 0.396 e. The molecule has 3 nitrogen and oxygen atoms in total. The van der Waals surface area contributed by atoms with Gasteiger partial charge in [-0.3, -0.25) is 0 Å². The van der Waals surface area contributed by atoms with Gasteiger partial charge >= 0.3 is 0 Å². The fourth-order valence-electron chi connectivity index (χ4n) is 1.66. The monoisotopic (exact) mass is 159 g/mol. The molecule has 0 aromatic rings. The first kappa shape index (κ1) is 8.97. The molecule has 0 spiro atoms. The molecular formula is C8H17NO2. The average Bonchev–Trinajstić information content (AvgIpc) is 1.96. The van der Waals surface area contributed by atoms with E-state index in [2.05, 4.69) is 4.90 Å². The van der Waals surface area contributed by atoms with Crippen LogP contribution in [0.4, 0.5) is 0 Å². The predicted octanol–water partition coefficient (Wildman–Crippen LogP) is -0.463. The molecule has 0 bridgehead atoms. The number of piperidine rings is 1. The molecule has 0 amide bonds.